The SMILES string of the molecule is CCCCC1(CC(N)=O)CCCCC1. The second kappa shape index (κ2) is 5.38. The maximum Gasteiger partial charge on any atom is 0.217 e. The maximum atomic E-state index is 11.1. The average molecular weight is 197 g/mol. The maximum absolute atomic E-state index is 11.1. The Balaban J connectivity index is 2.52. The molecule has 0 bridgehead atoms. The summed E-state index contributed by atoms with van der Waals surface area (Å²) in [5, 5.41) is 0. The predicted octanol–water partition coefficient (Wildman–Crippen LogP) is 3.00. The summed E-state index contributed by atoms with van der Waals surface area (Å²) >= 11 is 0. The summed E-state index contributed by atoms with van der Waals surface area (Å²) < 4.78 is 0. The van der Waals surface area contributed by atoms with E-state index in [1.165, 1.54) is 51.4 Å². The molecular formula is C12H23NO. The van der Waals surface area contributed by atoms with Gasteiger partial charge in [-0.1, -0.05) is 39.0 Å². The predicted molar refractivity (Wildman–Crippen MR) is 58.9 cm³/mol. The summed E-state index contributed by atoms with van der Waals surface area (Å²) in [5.74, 6) is -0.108. The number of carbonyl (C=O) groups excluding carboxylic acids is 1. The van der Waals surface area contributed by atoms with Gasteiger partial charge < -0.3 is 5.73 Å². The molecule has 1 fully saturated rings. The highest BCUT2D eigenvalue weighted by molar-refractivity contribution is 5.74. The molecule has 1 aliphatic carbocycles. The zero-order chi connectivity index (χ0) is 10.4. The van der Waals surface area contributed by atoms with Crippen molar-refractivity contribution in [3.8, 4) is 0 Å². The summed E-state index contributed by atoms with van der Waals surface area (Å²) in [7, 11) is 0. The van der Waals surface area contributed by atoms with Crippen LogP contribution in [0.15, 0.2) is 0 Å². The highest BCUT2D eigenvalue weighted by Gasteiger charge is 2.32. The average Bonchev–Trinajstić information content (AvgIpc) is 2.15. The van der Waals surface area contributed by atoms with Crippen LogP contribution in [-0.2, 0) is 4.79 Å². The first-order chi connectivity index (χ1) is 6.68. The summed E-state index contributed by atoms with van der Waals surface area (Å²) in [5.41, 5.74) is 5.62. The number of hydrogen-bond acceptors (Lipinski definition) is 1. The Morgan fingerprint density at radius 2 is 1.93 bits per heavy atom. The number of nitrogens with two attached hydrogens (primary N) is 1. The van der Waals surface area contributed by atoms with Crippen LogP contribution in [0.5, 0.6) is 0 Å². The quantitative estimate of drug-likeness (QED) is 0.723. The largest absolute Gasteiger partial charge is 0.370 e. The highest BCUT2D eigenvalue weighted by atomic mass is 16.1. The molecule has 0 aromatic heterocycles. The molecule has 2 N–H and O–H groups in total. The summed E-state index contributed by atoms with van der Waals surface area (Å²) in [4.78, 5) is 11.1. The first kappa shape index (κ1) is 11.5. The third-order valence-electron chi connectivity index (χ3n) is 3.52. The molecule has 1 saturated carbocycles. The van der Waals surface area contributed by atoms with Gasteiger partial charge >= 0.3 is 0 Å². The number of hydrogen-bond donors (Lipinski definition) is 1. The lowest BCUT2D eigenvalue weighted by Gasteiger charge is -2.36. The van der Waals surface area contributed by atoms with Crippen molar-refractivity contribution < 1.29 is 4.79 Å². The van der Waals surface area contributed by atoms with E-state index in [1.807, 2.05) is 0 Å². The van der Waals surface area contributed by atoms with Gasteiger partial charge in [-0.3, -0.25) is 4.79 Å². The lowest BCUT2D eigenvalue weighted by molar-refractivity contribution is -0.121. The minimum absolute atomic E-state index is 0.108. The highest BCUT2D eigenvalue weighted by Crippen LogP contribution is 2.43. The van der Waals surface area contributed by atoms with E-state index < -0.39 is 0 Å². The van der Waals surface area contributed by atoms with Gasteiger partial charge in [-0.2, -0.15) is 0 Å². The summed E-state index contributed by atoms with van der Waals surface area (Å²) in [6.07, 6.45) is 10.6. The third kappa shape index (κ3) is 3.32. The second-order valence-corrected chi connectivity index (χ2v) is 4.81. The number of carbonyl (C=O) groups is 1. The molecule has 0 atom stereocenters. The standard InChI is InChI=1S/C12H23NO/c1-2-3-7-12(10-11(13)14)8-5-4-6-9-12/h2-10H2,1H3,(H2,13,14). The molecule has 2 nitrogen and oxygen atoms in total. The fourth-order valence-electron chi connectivity index (χ4n) is 2.74. The molecule has 1 rings (SSSR count). The van der Waals surface area contributed by atoms with Crippen LogP contribution in [0.4, 0.5) is 0 Å². The van der Waals surface area contributed by atoms with Crippen LogP contribution >= 0.6 is 0 Å². The minimum atomic E-state index is -0.108. The van der Waals surface area contributed by atoms with E-state index in [1.54, 1.807) is 0 Å². The van der Waals surface area contributed by atoms with E-state index in [2.05, 4.69) is 6.92 Å². The first-order valence-electron chi connectivity index (χ1n) is 5.97. The van der Waals surface area contributed by atoms with Crippen LogP contribution in [0.1, 0.15) is 64.7 Å². The van der Waals surface area contributed by atoms with E-state index in [-0.39, 0.29) is 11.3 Å². The molecule has 0 unspecified atom stereocenters. The van der Waals surface area contributed by atoms with E-state index >= 15 is 0 Å². The van der Waals surface area contributed by atoms with Gasteiger partial charge in [0, 0.05) is 6.42 Å². The Bertz CT molecular complexity index is 183. The first-order valence-corrected chi connectivity index (χ1v) is 5.97. The monoisotopic (exact) mass is 197 g/mol. The van der Waals surface area contributed by atoms with Crippen LogP contribution in [0.25, 0.3) is 0 Å². The zero-order valence-corrected chi connectivity index (χ0v) is 9.35. The molecule has 1 amide bonds. The molecule has 0 spiro atoms. The lowest BCUT2D eigenvalue weighted by Crippen LogP contribution is -2.30. The van der Waals surface area contributed by atoms with Gasteiger partial charge in [0.05, 0.1) is 0 Å². The van der Waals surface area contributed by atoms with Crippen LogP contribution < -0.4 is 5.73 Å². The summed E-state index contributed by atoms with van der Waals surface area (Å²) in [6.45, 7) is 2.21. The number of amides is 1. The van der Waals surface area contributed by atoms with Gasteiger partial charge in [-0.25, -0.2) is 0 Å². The van der Waals surface area contributed by atoms with E-state index in [0.717, 1.165) is 0 Å². The van der Waals surface area contributed by atoms with Crippen LogP contribution in [-0.4, -0.2) is 5.91 Å². The number of rotatable bonds is 5. The molecule has 0 heterocycles. The van der Waals surface area contributed by atoms with Crippen LogP contribution in [0.3, 0.4) is 0 Å². The van der Waals surface area contributed by atoms with Crippen molar-refractivity contribution in [2.75, 3.05) is 0 Å². The molecular weight excluding hydrogens is 174 g/mol. The molecule has 0 radical (unpaired) electrons. The van der Waals surface area contributed by atoms with Crippen molar-refractivity contribution in [3.63, 3.8) is 0 Å². The zero-order valence-electron chi connectivity index (χ0n) is 9.35. The Hall–Kier alpha value is -0.530. The molecule has 0 saturated heterocycles. The smallest absolute Gasteiger partial charge is 0.217 e. The van der Waals surface area contributed by atoms with Crippen molar-refractivity contribution in [2.24, 2.45) is 11.1 Å². The molecule has 0 aromatic rings. The van der Waals surface area contributed by atoms with Crippen LogP contribution in [0.2, 0.25) is 0 Å². The van der Waals surface area contributed by atoms with Crippen LogP contribution in [0, 0.1) is 5.41 Å². The third-order valence-corrected chi connectivity index (χ3v) is 3.52. The van der Waals surface area contributed by atoms with Gasteiger partial charge in [0.25, 0.3) is 0 Å². The summed E-state index contributed by atoms with van der Waals surface area (Å²) in [6, 6.07) is 0. The van der Waals surface area contributed by atoms with Gasteiger partial charge in [0.15, 0.2) is 0 Å². The Morgan fingerprint density at radius 3 is 2.43 bits per heavy atom. The fourth-order valence-corrected chi connectivity index (χ4v) is 2.74. The van der Waals surface area contributed by atoms with Gasteiger partial charge in [0.2, 0.25) is 5.91 Å². The van der Waals surface area contributed by atoms with E-state index in [9.17, 15) is 4.79 Å². The van der Waals surface area contributed by atoms with Gasteiger partial charge in [-0.05, 0) is 24.7 Å². The van der Waals surface area contributed by atoms with Crippen molar-refractivity contribution in [2.45, 2.75) is 64.7 Å². The molecule has 0 aliphatic heterocycles. The Labute approximate surface area is 87.2 Å². The lowest BCUT2D eigenvalue weighted by atomic mass is 9.69. The molecule has 82 valence electrons. The van der Waals surface area contributed by atoms with Crippen molar-refractivity contribution in [1.82, 2.24) is 0 Å². The molecule has 1 aliphatic rings. The van der Waals surface area contributed by atoms with E-state index in [0.29, 0.717) is 6.42 Å². The molecule has 2 heteroatoms. The topological polar surface area (TPSA) is 43.1 Å². The Morgan fingerprint density at radius 1 is 1.29 bits per heavy atom. The Kier molecular flexibility index (Phi) is 4.43. The molecule has 0 aromatic carbocycles. The van der Waals surface area contributed by atoms with Gasteiger partial charge in [0.1, 0.15) is 0 Å². The van der Waals surface area contributed by atoms with E-state index in [4.69, 9.17) is 5.73 Å². The fraction of sp³-hybridized carbons (Fsp3) is 0.917. The minimum Gasteiger partial charge on any atom is -0.370 e. The molecule has 14 heavy (non-hydrogen) atoms. The van der Waals surface area contributed by atoms with Crippen molar-refractivity contribution in [1.29, 1.82) is 0 Å². The van der Waals surface area contributed by atoms with Crippen molar-refractivity contribution >= 4 is 5.91 Å². The second-order valence-electron chi connectivity index (χ2n) is 4.81. The number of unbranched alkanes of at least 4 members (excludes halogenated alkanes) is 1. The van der Waals surface area contributed by atoms with Gasteiger partial charge in [-0.15, -0.1) is 0 Å². The number of primary amides is 1. The normalized spacial score (nSPS) is 20.6. The van der Waals surface area contributed by atoms with Crippen molar-refractivity contribution in [3.05, 3.63) is 0 Å².